The highest BCUT2D eigenvalue weighted by molar-refractivity contribution is 4.79. The van der Waals surface area contributed by atoms with Crippen LogP contribution in [0.3, 0.4) is 0 Å². The highest BCUT2D eigenvalue weighted by Crippen LogP contribution is 2.33. The van der Waals surface area contributed by atoms with Crippen molar-refractivity contribution in [1.82, 2.24) is 5.32 Å². The van der Waals surface area contributed by atoms with Crippen LogP contribution in [0, 0.1) is 5.92 Å². The lowest BCUT2D eigenvalue weighted by molar-refractivity contribution is 0.233. The van der Waals surface area contributed by atoms with Crippen molar-refractivity contribution in [3.8, 4) is 0 Å². The predicted octanol–water partition coefficient (Wildman–Crippen LogP) is 0.757. The molecule has 0 saturated heterocycles. The van der Waals surface area contributed by atoms with E-state index in [9.17, 15) is 0 Å². The number of rotatable bonds is 5. The maximum absolute atomic E-state index is 8.87. The average molecular weight is 143 g/mol. The van der Waals surface area contributed by atoms with Crippen LogP contribution in [0.4, 0.5) is 0 Å². The van der Waals surface area contributed by atoms with E-state index in [2.05, 4.69) is 12.2 Å². The van der Waals surface area contributed by atoms with Gasteiger partial charge >= 0.3 is 0 Å². The van der Waals surface area contributed by atoms with Gasteiger partial charge in [0.05, 0.1) is 6.61 Å². The summed E-state index contributed by atoms with van der Waals surface area (Å²) >= 11 is 0. The van der Waals surface area contributed by atoms with Crippen LogP contribution >= 0.6 is 0 Å². The van der Waals surface area contributed by atoms with E-state index < -0.39 is 0 Å². The second kappa shape index (κ2) is 3.94. The lowest BCUT2D eigenvalue weighted by atomic mass is 10.1. The summed E-state index contributed by atoms with van der Waals surface area (Å²) in [6, 6.07) is 0.359. The minimum absolute atomic E-state index is 0.296. The quantitative estimate of drug-likeness (QED) is 0.595. The first-order valence-electron chi connectivity index (χ1n) is 4.21. The second-order valence-corrected chi connectivity index (χ2v) is 3.12. The van der Waals surface area contributed by atoms with E-state index in [0.717, 1.165) is 12.5 Å². The molecule has 1 aliphatic carbocycles. The molecule has 0 radical (unpaired) electrons. The lowest BCUT2D eigenvalue weighted by Crippen LogP contribution is -2.32. The molecule has 1 aliphatic rings. The van der Waals surface area contributed by atoms with Gasteiger partial charge in [0, 0.05) is 6.04 Å². The molecule has 2 N–H and O–H groups in total. The predicted molar refractivity (Wildman–Crippen MR) is 41.9 cm³/mol. The fourth-order valence-electron chi connectivity index (χ4n) is 1.27. The number of aliphatic hydroxyl groups excluding tert-OH is 1. The Kier molecular flexibility index (Phi) is 3.16. The van der Waals surface area contributed by atoms with Crippen LogP contribution in [-0.4, -0.2) is 24.3 Å². The minimum Gasteiger partial charge on any atom is -0.395 e. The van der Waals surface area contributed by atoms with E-state index in [1.807, 2.05) is 0 Å². The highest BCUT2D eigenvalue weighted by atomic mass is 16.3. The molecule has 2 heteroatoms. The number of aliphatic hydroxyl groups is 1. The molecule has 1 fully saturated rings. The average Bonchev–Trinajstić information content (AvgIpc) is 2.71. The first-order chi connectivity index (χ1) is 4.86. The van der Waals surface area contributed by atoms with Crippen molar-refractivity contribution >= 4 is 0 Å². The van der Waals surface area contributed by atoms with Crippen molar-refractivity contribution < 1.29 is 5.11 Å². The molecule has 10 heavy (non-hydrogen) atoms. The summed E-state index contributed by atoms with van der Waals surface area (Å²) in [7, 11) is 0. The third-order valence-electron chi connectivity index (χ3n) is 2.03. The molecule has 0 heterocycles. The number of hydrogen-bond donors (Lipinski definition) is 2. The highest BCUT2D eigenvalue weighted by Gasteiger charge is 2.24. The van der Waals surface area contributed by atoms with Crippen LogP contribution in [0.5, 0.6) is 0 Å². The van der Waals surface area contributed by atoms with Gasteiger partial charge in [0.2, 0.25) is 0 Å². The first-order valence-corrected chi connectivity index (χ1v) is 4.21. The molecule has 0 aromatic carbocycles. The monoisotopic (exact) mass is 143 g/mol. The number of nitrogens with one attached hydrogen (secondary N) is 1. The summed E-state index contributed by atoms with van der Waals surface area (Å²) in [4.78, 5) is 0. The van der Waals surface area contributed by atoms with Crippen molar-refractivity contribution in [2.45, 2.75) is 32.2 Å². The van der Waals surface area contributed by atoms with Gasteiger partial charge in [-0.25, -0.2) is 0 Å². The van der Waals surface area contributed by atoms with Gasteiger partial charge in [-0.3, -0.25) is 0 Å². The molecule has 0 amide bonds. The Morgan fingerprint density at radius 3 is 2.70 bits per heavy atom. The Morgan fingerprint density at radius 2 is 2.30 bits per heavy atom. The zero-order valence-electron chi connectivity index (χ0n) is 6.64. The Labute approximate surface area is 62.6 Å². The van der Waals surface area contributed by atoms with Crippen molar-refractivity contribution in [3.63, 3.8) is 0 Å². The zero-order chi connectivity index (χ0) is 7.40. The van der Waals surface area contributed by atoms with Crippen LogP contribution in [0.25, 0.3) is 0 Å². The van der Waals surface area contributed by atoms with Crippen LogP contribution in [0.1, 0.15) is 26.2 Å². The Hall–Kier alpha value is -0.0800. The van der Waals surface area contributed by atoms with E-state index in [4.69, 9.17) is 5.11 Å². The molecule has 1 rings (SSSR count). The largest absolute Gasteiger partial charge is 0.395 e. The van der Waals surface area contributed by atoms with Crippen LogP contribution < -0.4 is 5.32 Å². The van der Waals surface area contributed by atoms with Crippen LogP contribution in [0.15, 0.2) is 0 Å². The molecule has 1 saturated carbocycles. The molecule has 0 bridgehead atoms. The summed E-state index contributed by atoms with van der Waals surface area (Å²) in [6.45, 7) is 3.35. The Balaban J connectivity index is 2.05. The van der Waals surface area contributed by atoms with Crippen LogP contribution in [-0.2, 0) is 0 Å². The van der Waals surface area contributed by atoms with E-state index in [-0.39, 0.29) is 0 Å². The van der Waals surface area contributed by atoms with E-state index in [1.165, 1.54) is 19.3 Å². The van der Waals surface area contributed by atoms with E-state index in [0.29, 0.717) is 12.6 Å². The van der Waals surface area contributed by atoms with E-state index in [1.54, 1.807) is 0 Å². The smallest absolute Gasteiger partial charge is 0.0584 e. The van der Waals surface area contributed by atoms with Crippen LogP contribution in [0.2, 0.25) is 0 Å². The maximum atomic E-state index is 8.87. The normalized spacial score (nSPS) is 21.0. The van der Waals surface area contributed by atoms with Gasteiger partial charge in [0.1, 0.15) is 0 Å². The molecule has 0 aromatic heterocycles. The van der Waals surface area contributed by atoms with Crippen molar-refractivity contribution in [3.05, 3.63) is 0 Å². The standard InChI is InChI=1S/C8H17NO/c1-2-9-8(6-10)5-7-3-4-7/h7-10H,2-6H2,1H3. The molecule has 1 unspecified atom stereocenters. The van der Waals surface area contributed by atoms with Gasteiger partial charge in [-0.1, -0.05) is 19.8 Å². The summed E-state index contributed by atoms with van der Waals surface area (Å²) in [5.74, 6) is 0.913. The van der Waals surface area contributed by atoms with Gasteiger partial charge in [-0.05, 0) is 18.9 Å². The van der Waals surface area contributed by atoms with Gasteiger partial charge in [0.25, 0.3) is 0 Å². The van der Waals surface area contributed by atoms with Crippen molar-refractivity contribution in [2.75, 3.05) is 13.2 Å². The van der Waals surface area contributed by atoms with Gasteiger partial charge in [0.15, 0.2) is 0 Å². The summed E-state index contributed by atoms with van der Waals surface area (Å²) in [5, 5.41) is 12.1. The molecular weight excluding hydrogens is 126 g/mol. The zero-order valence-corrected chi connectivity index (χ0v) is 6.64. The topological polar surface area (TPSA) is 32.3 Å². The number of likely N-dealkylation sites (N-methyl/N-ethyl adjacent to an activating group) is 1. The molecule has 0 aromatic rings. The molecule has 60 valence electrons. The van der Waals surface area contributed by atoms with Gasteiger partial charge in [-0.2, -0.15) is 0 Å². The molecular formula is C8H17NO. The fraction of sp³-hybridized carbons (Fsp3) is 1.00. The third-order valence-corrected chi connectivity index (χ3v) is 2.03. The first kappa shape index (κ1) is 8.02. The van der Waals surface area contributed by atoms with Crippen molar-refractivity contribution in [1.29, 1.82) is 0 Å². The minimum atomic E-state index is 0.296. The summed E-state index contributed by atoms with van der Waals surface area (Å²) < 4.78 is 0. The summed E-state index contributed by atoms with van der Waals surface area (Å²) in [5.41, 5.74) is 0. The SMILES string of the molecule is CCNC(CO)CC1CC1. The van der Waals surface area contributed by atoms with Gasteiger partial charge in [-0.15, -0.1) is 0 Å². The second-order valence-electron chi connectivity index (χ2n) is 3.12. The lowest BCUT2D eigenvalue weighted by Gasteiger charge is -2.13. The van der Waals surface area contributed by atoms with E-state index >= 15 is 0 Å². The summed E-state index contributed by atoms with van der Waals surface area (Å²) in [6.07, 6.45) is 3.92. The molecule has 0 spiro atoms. The molecule has 2 nitrogen and oxygen atoms in total. The Bertz CT molecular complexity index is 91.3. The molecule has 0 aliphatic heterocycles. The number of hydrogen-bond acceptors (Lipinski definition) is 2. The molecule has 1 atom stereocenters. The maximum Gasteiger partial charge on any atom is 0.0584 e. The third kappa shape index (κ3) is 2.67. The Morgan fingerprint density at radius 1 is 1.60 bits per heavy atom. The van der Waals surface area contributed by atoms with Gasteiger partial charge < -0.3 is 10.4 Å². The van der Waals surface area contributed by atoms with Crippen molar-refractivity contribution in [2.24, 2.45) is 5.92 Å². The fourth-order valence-corrected chi connectivity index (χ4v) is 1.27.